The van der Waals surface area contributed by atoms with Gasteiger partial charge in [0.1, 0.15) is 5.69 Å². The van der Waals surface area contributed by atoms with E-state index in [4.69, 9.17) is 0 Å². The van der Waals surface area contributed by atoms with Gasteiger partial charge in [-0.3, -0.25) is 9.48 Å². The lowest BCUT2D eigenvalue weighted by atomic mass is 10.3. The van der Waals surface area contributed by atoms with Gasteiger partial charge >= 0.3 is 0 Å². The smallest absolute Gasteiger partial charge is 0.272 e. The molecule has 0 spiro atoms. The predicted octanol–water partition coefficient (Wildman–Crippen LogP) is 1.24. The van der Waals surface area contributed by atoms with Crippen LogP contribution in [0.15, 0.2) is 6.07 Å². The van der Waals surface area contributed by atoms with Gasteiger partial charge in [-0.25, -0.2) is 0 Å². The van der Waals surface area contributed by atoms with Crippen molar-refractivity contribution in [2.75, 3.05) is 5.33 Å². The summed E-state index contributed by atoms with van der Waals surface area (Å²) in [5, 5.41) is 7.65. The van der Waals surface area contributed by atoms with Crippen LogP contribution in [0.2, 0.25) is 0 Å². The molecule has 5 heteroatoms. The minimum absolute atomic E-state index is 0.116. The maximum atomic E-state index is 11.6. The number of carbonyl (C=O) groups is 1. The van der Waals surface area contributed by atoms with Gasteiger partial charge in [0.2, 0.25) is 0 Å². The average Bonchev–Trinajstić information content (AvgIpc) is 2.47. The topological polar surface area (TPSA) is 46.9 Å². The number of amides is 1. The molecule has 1 atom stereocenters. The molecule has 1 aromatic heterocycles. The molecule has 0 saturated carbocycles. The Morgan fingerprint density at radius 2 is 2.43 bits per heavy atom. The van der Waals surface area contributed by atoms with Crippen LogP contribution in [0, 0.1) is 6.92 Å². The third-order valence-electron chi connectivity index (χ3n) is 1.96. The quantitative estimate of drug-likeness (QED) is 0.831. The maximum Gasteiger partial charge on any atom is 0.272 e. The Bertz CT molecular complexity index is 315. The van der Waals surface area contributed by atoms with Crippen LogP contribution in [0.1, 0.15) is 23.1 Å². The second kappa shape index (κ2) is 4.59. The number of aryl methyl sites for hydroxylation is 2. The summed E-state index contributed by atoms with van der Waals surface area (Å²) in [7, 11) is 1.82. The van der Waals surface area contributed by atoms with Crippen LogP contribution >= 0.6 is 15.9 Å². The van der Waals surface area contributed by atoms with E-state index < -0.39 is 0 Å². The Balaban J connectivity index is 2.70. The number of hydrogen-bond acceptors (Lipinski definition) is 2. The highest BCUT2D eigenvalue weighted by atomic mass is 79.9. The average molecular weight is 260 g/mol. The second-order valence-corrected chi connectivity index (χ2v) is 3.97. The predicted molar refractivity (Wildman–Crippen MR) is 58.7 cm³/mol. The number of alkyl halides is 1. The SMILES string of the molecule is Cc1cc(C(=O)NC(C)CBr)nn1C. The summed E-state index contributed by atoms with van der Waals surface area (Å²) in [6, 6.07) is 1.89. The Labute approximate surface area is 91.8 Å². The van der Waals surface area contributed by atoms with E-state index in [0.29, 0.717) is 5.69 Å². The lowest BCUT2D eigenvalue weighted by Crippen LogP contribution is -2.33. The summed E-state index contributed by atoms with van der Waals surface area (Å²) in [6.07, 6.45) is 0. The van der Waals surface area contributed by atoms with Crippen molar-refractivity contribution in [2.45, 2.75) is 19.9 Å². The van der Waals surface area contributed by atoms with Crippen molar-refractivity contribution in [3.05, 3.63) is 17.5 Å². The van der Waals surface area contributed by atoms with Crippen molar-refractivity contribution < 1.29 is 4.79 Å². The summed E-state index contributed by atoms with van der Waals surface area (Å²) in [5.74, 6) is -0.124. The molecule has 1 rings (SSSR count). The first-order valence-electron chi connectivity index (χ1n) is 4.42. The van der Waals surface area contributed by atoms with Gasteiger partial charge in [-0.2, -0.15) is 5.10 Å². The number of aromatic nitrogens is 2. The summed E-state index contributed by atoms with van der Waals surface area (Å²) in [5.41, 5.74) is 1.44. The van der Waals surface area contributed by atoms with Gasteiger partial charge in [-0.1, -0.05) is 15.9 Å². The van der Waals surface area contributed by atoms with E-state index in [1.165, 1.54) is 0 Å². The van der Waals surface area contributed by atoms with Crippen LogP contribution in [0.25, 0.3) is 0 Å². The lowest BCUT2D eigenvalue weighted by Gasteiger charge is -2.08. The summed E-state index contributed by atoms with van der Waals surface area (Å²) in [4.78, 5) is 11.6. The van der Waals surface area contributed by atoms with Crippen LogP contribution in [0.4, 0.5) is 0 Å². The van der Waals surface area contributed by atoms with Crippen molar-refractivity contribution in [1.82, 2.24) is 15.1 Å². The van der Waals surface area contributed by atoms with E-state index in [1.807, 2.05) is 20.9 Å². The van der Waals surface area contributed by atoms with Gasteiger partial charge < -0.3 is 5.32 Å². The molecule has 1 unspecified atom stereocenters. The monoisotopic (exact) mass is 259 g/mol. The Morgan fingerprint density at radius 3 is 2.86 bits per heavy atom. The molecule has 0 aliphatic rings. The molecular formula is C9H14BrN3O. The molecule has 0 fully saturated rings. The van der Waals surface area contributed by atoms with E-state index in [0.717, 1.165) is 11.0 Å². The zero-order valence-electron chi connectivity index (χ0n) is 8.54. The minimum atomic E-state index is -0.124. The van der Waals surface area contributed by atoms with Crippen LogP contribution in [0.5, 0.6) is 0 Å². The van der Waals surface area contributed by atoms with E-state index in [1.54, 1.807) is 10.7 Å². The summed E-state index contributed by atoms with van der Waals surface area (Å²) in [6.45, 7) is 3.85. The Morgan fingerprint density at radius 1 is 1.79 bits per heavy atom. The standard InChI is InChI=1S/C9H14BrN3O/c1-6(5-10)11-9(14)8-4-7(2)13(3)12-8/h4,6H,5H2,1-3H3,(H,11,14). The fourth-order valence-electron chi connectivity index (χ4n) is 1.01. The molecule has 14 heavy (non-hydrogen) atoms. The highest BCUT2D eigenvalue weighted by molar-refractivity contribution is 9.09. The highest BCUT2D eigenvalue weighted by Gasteiger charge is 2.12. The Hall–Kier alpha value is -0.840. The second-order valence-electron chi connectivity index (χ2n) is 3.32. The van der Waals surface area contributed by atoms with Gasteiger partial charge in [0, 0.05) is 24.1 Å². The fourth-order valence-corrected chi connectivity index (χ4v) is 1.17. The molecule has 0 saturated heterocycles. The largest absolute Gasteiger partial charge is 0.347 e. The third kappa shape index (κ3) is 2.57. The van der Waals surface area contributed by atoms with Gasteiger partial charge in [0.05, 0.1) is 0 Å². The number of rotatable bonds is 3. The first-order valence-corrected chi connectivity index (χ1v) is 5.54. The Kier molecular flexibility index (Phi) is 3.69. The van der Waals surface area contributed by atoms with E-state index >= 15 is 0 Å². The van der Waals surface area contributed by atoms with Crippen LogP contribution in [-0.4, -0.2) is 27.1 Å². The van der Waals surface area contributed by atoms with Crippen LogP contribution < -0.4 is 5.32 Å². The normalized spacial score (nSPS) is 12.6. The molecule has 1 amide bonds. The van der Waals surface area contributed by atoms with Gasteiger partial charge in [0.25, 0.3) is 5.91 Å². The van der Waals surface area contributed by atoms with Crippen molar-refractivity contribution in [2.24, 2.45) is 7.05 Å². The molecular weight excluding hydrogens is 246 g/mol. The molecule has 4 nitrogen and oxygen atoms in total. The van der Waals surface area contributed by atoms with Crippen LogP contribution in [-0.2, 0) is 7.05 Å². The molecule has 0 aliphatic carbocycles. The molecule has 0 aromatic carbocycles. The minimum Gasteiger partial charge on any atom is -0.347 e. The highest BCUT2D eigenvalue weighted by Crippen LogP contribution is 2.01. The molecule has 1 aromatic rings. The summed E-state index contributed by atoms with van der Waals surface area (Å²) < 4.78 is 1.69. The number of hydrogen-bond donors (Lipinski definition) is 1. The van der Waals surface area contributed by atoms with E-state index in [2.05, 4.69) is 26.3 Å². The first kappa shape index (κ1) is 11.2. The van der Waals surface area contributed by atoms with Crippen molar-refractivity contribution in [1.29, 1.82) is 0 Å². The lowest BCUT2D eigenvalue weighted by molar-refractivity contribution is 0.0938. The maximum absolute atomic E-state index is 11.6. The van der Waals surface area contributed by atoms with Crippen LogP contribution in [0.3, 0.4) is 0 Å². The van der Waals surface area contributed by atoms with Gasteiger partial charge in [-0.15, -0.1) is 0 Å². The third-order valence-corrected chi connectivity index (χ3v) is 2.93. The molecule has 0 aliphatic heterocycles. The first-order chi connectivity index (χ1) is 6.54. The van der Waals surface area contributed by atoms with E-state index in [-0.39, 0.29) is 11.9 Å². The summed E-state index contributed by atoms with van der Waals surface area (Å²) >= 11 is 3.30. The molecule has 78 valence electrons. The molecule has 1 N–H and O–H groups in total. The number of halogens is 1. The van der Waals surface area contributed by atoms with Gasteiger partial charge in [-0.05, 0) is 19.9 Å². The van der Waals surface area contributed by atoms with Crippen molar-refractivity contribution >= 4 is 21.8 Å². The van der Waals surface area contributed by atoms with Crippen molar-refractivity contribution in [3.8, 4) is 0 Å². The molecule has 0 radical (unpaired) electrons. The molecule has 0 bridgehead atoms. The molecule has 1 heterocycles. The zero-order chi connectivity index (χ0) is 10.7. The zero-order valence-corrected chi connectivity index (χ0v) is 10.1. The fraction of sp³-hybridized carbons (Fsp3) is 0.556. The van der Waals surface area contributed by atoms with Crippen molar-refractivity contribution in [3.63, 3.8) is 0 Å². The number of carbonyl (C=O) groups excluding carboxylic acids is 1. The number of nitrogens with one attached hydrogen (secondary N) is 1. The van der Waals surface area contributed by atoms with Gasteiger partial charge in [0.15, 0.2) is 0 Å². The van der Waals surface area contributed by atoms with E-state index in [9.17, 15) is 4.79 Å². The number of nitrogens with zero attached hydrogens (tertiary/aromatic N) is 2.